The molecule has 0 unspecified atom stereocenters. The van der Waals surface area contributed by atoms with Gasteiger partial charge in [-0.25, -0.2) is 8.42 Å². The van der Waals surface area contributed by atoms with Crippen molar-refractivity contribution in [3.05, 3.63) is 47.5 Å². The second-order valence-electron chi connectivity index (χ2n) is 4.02. The number of sulfonamides is 1. The fourth-order valence-electron chi connectivity index (χ4n) is 1.57. The molecule has 5 nitrogen and oxygen atoms in total. The molecule has 3 N–H and O–H groups in total. The van der Waals surface area contributed by atoms with Crippen LogP contribution in [0.3, 0.4) is 0 Å². The first kappa shape index (κ1) is 14.5. The number of nitrogens with one attached hydrogen (secondary N) is 1. The van der Waals surface area contributed by atoms with Crippen molar-refractivity contribution in [3.63, 3.8) is 0 Å². The molecule has 0 amide bonds. The molecule has 20 heavy (non-hydrogen) atoms. The smallest absolute Gasteiger partial charge is 0.261 e. The average molecular weight is 313 g/mol. The number of halogens is 1. The van der Waals surface area contributed by atoms with Gasteiger partial charge >= 0.3 is 0 Å². The number of benzene rings is 2. The van der Waals surface area contributed by atoms with Gasteiger partial charge in [-0.15, -0.1) is 0 Å². The average Bonchev–Trinajstić information content (AvgIpc) is 2.42. The molecule has 0 aliphatic rings. The van der Waals surface area contributed by atoms with E-state index in [2.05, 4.69) is 4.72 Å². The van der Waals surface area contributed by atoms with Crippen molar-refractivity contribution in [2.45, 2.75) is 4.90 Å². The summed E-state index contributed by atoms with van der Waals surface area (Å²) < 4.78 is 31.8. The molecular weight excluding hydrogens is 300 g/mol. The van der Waals surface area contributed by atoms with E-state index in [0.29, 0.717) is 11.4 Å². The van der Waals surface area contributed by atoms with E-state index in [1.165, 1.54) is 31.4 Å². The van der Waals surface area contributed by atoms with E-state index in [4.69, 9.17) is 22.1 Å². The zero-order valence-electron chi connectivity index (χ0n) is 10.6. The number of ether oxygens (including phenoxy) is 1. The molecule has 0 saturated carbocycles. The topological polar surface area (TPSA) is 81.4 Å². The molecule has 106 valence electrons. The summed E-state index contributed by atoms with van der Waals surface area (Å²) in [5.74, 6) is 0.578. The Labute approximate surface area is 122 Å². The summed E-state index contributed by atoms with van der Waals surface area (Å²) in [5, 5.41) is 0.238. The van der Waals surface area contributed by atoms with Crippen LogP contribution in [0.1, 0.15) is 0 Å². The monoisotopic (exact) mass is 312 g/mol. The third-order valence-corrected chi connectivity index (χ3v) is 4.30. The molecule has 0 aliphatic carbocycles. The van der Waals surface area contributed by atoms with Gasteiger partial charge in [-0.3, -0.25) is 4.72 Å². The quantitative estimate of drug-likeness (QED) is 0.851. The highest BCUT2D eigenvalue weighted by atomic mass is 35.5. The molecule has 0 spiro atoms. The van der Waals surface area contributed by atoms with Crippen LogP contribution in [0.5, 0.6) is 5.75 Å². The highest BCUT2D eigenvalue weighted by Gasteiger charge is 2.15. The molecule has 2 aromatic carbocycles. The largest absolute Gasteiger partial charge is 0.497 e. The molecule has 0 aliphatic heterocycles. The lowest BCUT2D eigenvalue weighted by Crippen LogP contribution is -2.13. The van der Waals surface area contributed by atoms with Crippen LogP contribution in [-0.2, 0) is 10.0 Å². The fraction of sp³-hybridized carbons (Fsp3) is 0.0769. The van der Waals surface area contributed by atoms with Crippen LogP contribution in [0, 0.1) is 0 Å². The standard InChI is InChI=1S/C13H13ClN2O3S/c1-19-10-3-5-11(6-4-10)20(17,18)16-13-7-2-9(15)8-12(13)14/h2-8,16H,15H2,1H3. The van der Waals surface area contributed by atoms with Crippen molar-refractivity contribution in [1.82, 2.24) is 0 Å². The molecular formula is C13H13ClN2O3S. The number of nitrogens with two attached hydrogens (primary N) is 1. The predicted molar refractivity (Wildman–Crippen MR) is 79.7 cm³/mol. The van der Waals surface area contributed by atoms with Gasteiger partial charge in [-0.1, -0.05) is 11.6 Å². The van der Waals surface area contributed by atoms with E-state index >= 15 is 0 Å². The van der Waals surface area contributed by atoms with E-state index in [1.54, 1.807) is 18.2 Å². The molecule has 0 aromatic heterocycles. The Kier molecular flexibility index (Phi) is 4.06. The summed E-state index contributed by atoms with van der Waals surface area (Å²) in [4.78, 5) is 0.117. The molecule has 0 bridgehead atoms. The first-order valence-electron chi connectivity index (χ1n) is 5.64. The molecule has 0 atom stereocenters. The molecule has 7 heteroatoms. The van der Waals surface area contributed by atoms with Crippen molar-refractivity contribution in [3.8, 4) is 5.75 Å². The summed E-state index contributed by atoms with van der Waals surface area (Å²) in [6, 6.07) is 10.6. The zero-order chi connectivity index (χ0) is 14.8. The van der Waals surface area contributed by atoms with Crippen LogP contribution >= 0.6 is 11.6 Å². The minimum atomic E-state index is -3.70. The van der Waals surface area contributed by atoms with Gasteiger partial charge < -0.3 is 10.5 Å². The van der Waals surface area contributed by atoms with Crippen molar-refractivity contribution in [2.24, 2.45) is 0 Å². The summed E-state index contributed by atoms with van der Waals surface area (Å²) in [5.41, 5.74) is 6.29. The third-order valence-electron chi connectivity index (χ3n) is 2.61. The van der Waals surface area contributed by atoms with Gasteiger partial charge in [0, 0.05) is 5.69 Å². The minimum absolute atomic E-state index is 0.117. The summed E-state index contributed by atoms with van der Waals surface area (Å²) in [7, 11) is -2.19. The molecule has 2 aromatic rings. The maximum Gasteiger partial charge on any atom is 0.261 e. The van der Waals surface area contributed by atoms with Crippen LogP contribution < -0.4 is 15.2 Å². The van der Waals surface area contributed by atoms with Crippen molar-refractivity contribution >= 4 is 33.0 Å². The number of anilines is 2. The normalized spacial score (nSPS) is 11.1. The molecule has 0 radical (unpaired) electrons. The number of methoxy groups -OCH3 is 1. The van der Waals surface area contributed by atoms with Crippen molar-refractivity contribution in [2.75, 3.05) is 17.6 Å². The summed E-state index contributed by atoms with van der Waals surface area (Å²) >= 11 is 5.94. The Bertz CT molecular complexity index is 715. The Balaban J connectivity index is 2.30. The second-order valence-corrected chi connectivity index (χ2v) is 6.11. The lowest BCUT2D eigenvalue weighted by atomic mass is 10.3. The van der Waals surface area contributed by atoms with Gasteiger partial charge in [0.2, 0.25) is 0 Å². The lowest BCUT2D eigenvalue weighted by molar-refractivity contribution is 0.414. The first-order chi connectivity index (χ1) is 9.42. The van der Waals surface area contributed by atoms with Gasteiger partial charge in [0.15, 0.2) is 0 Å². The maximum atomic E-state index is 12.2. The third kappa shape index (κ3) is 3.15. The SMILES string of the molecule is COc1ccc(S(=O)(=O)Nc2ccc(N)cc2Cl)cc1. The molecule has 0 fully saturated rings. The van der Waals surface area contributed by atoms with Crippen LogP contribution in [0.2, 0.25) is 5.02 Å². The highest BCUT2D eigenvalue weighted by molar-refractivity contribution is 7.92. The highest BCUT2D eigenvalue weighted by Crippen LogP contribution is 2.27. The Morgan fingerprint density at radius 3 is 2.35 bits per heavy atom. The molecule has 2 rings (SSSR count). The Morgan fingerprint density at radius 1 is 1.15 bits per heavy atom. The van der Waals surface area contributed by atoms with E-state index in [0.717, 1.165) is 0 Å². The number of hydrogen-bond donors (Lipinski definition) is 2. The summed E-state index contributed by atoms with van der Waals surface area (Å²) in [6.07, 6.45) is 0. The molecule has 0 heterocycles. The molecule has 0 saturated heterocycles. The summed E-state index contributed by atoms with van der Waals surface area (Å²) in [6.45, 7) is 0. The second kappa shape index (κ2) is 5.60. The number of nitrogen functional groups attached to an aromatic ring is 1. The fourth-order valence-corrected chi connectivity index (χ4v) is 2.94. The lowest BCUT2D eigenvalue weighted by Gasteiger charge is -2.10. The van der Waals surface area contributed by atoms with Crippen molar-refractivity contribution in [1.29, 1.82) is 0 Å². The van der Waals surface area contributed by atoms with E-state index in [-0.39, 0.29) is 15.6 Å². The van der Waals surface area contributed by atoms with E-state index in [9.17, 15) is 8.42 Å². The van der Waals surface area contributed by atoms with E-state index in [1.807, 2.05) is 0 Å². The minimum Gasteiger partial charge on any atom is -0.497 e. The van der Waals surface area contributed by atoms with Gasteiger partial charge in [0.25, 0.3) is 10.0 Å². The Morgan fingerprint density at radius 2 is 1.80 bits per heavy atom. The first-order valence-corrected chi connectivity index (χ1v) is 7.50. The maximum absolute atomic E-state index is 12.2. The van der Waals surface area contributed by atoms with Crippen LogP contribution in [-0.4, -0.2) is 15.5 Å². The van der Waals surface area contributed by atoms with Gasteiger partial charge in [-0.05, 0) is 42.5 Å². The van der Waals surface area contributed by atoms with E-state index < -0.39 is 10.0 Å². The van der Waals surface area contributed by atoms with Crippen LogP contribution in [0.4, 0.5) is 11.4 Å². The van der Waals surface area contributed by atoms with Crippen LogP contribution in [0.25, 0.3) is 0 Å². The van der Waals surface area contributed by atoms with Crippen molar-refractivity contribution < 1.29 is 13.2 Å². The zero-order valence-corrected chi connectivity index (χ0v) is 12.2. The van der Waals surface area contributed by atoms with Crippen LogP contribution in [0.15, 0.2) is 47.4 Å². The predicted octanol–water partition coefficient (Wildman–Crippen LogP) is 2.73. The Hall–Kier alpha value is -1.92. The van der Waals surface area contributed by atoms with Gasteiger partial charge in [-0.2, -0.15) is 0 Å². The van der Waals surface area contributed by atoms with Gasteiger partial charge in [0.05, 0.1) is 22.7 Å². The number of rotatable bonds is 4. The number of hydrogen-bond acceptors (Lipinski definition) is 4. The van der Waals surface area contributed by atoms with Gasteiger partial charge in [0.1, 0.15) is 5.75 Å².